The van der Waals surface area contributed by atoms with E-state index >= 15 is 0 Å². The Bertz CT molecular complexity index is 137. The summed E-state index contributed by atoms with van der Waals surface area (Å²) in [5.74, 6) is 3.43. The zero-order chi connectivity index (χ0) is 12.2. The lowest BCUT2D eigenvalue weighted by molar-refractivity contribution is 0.390. The Morgan fingerprint density at radius 1 is 1.12 bits per heavy atom. The molecule has 1 N–H and O–H groups in total. The Hall–Kier alpha value is 0.310. The average Bonchev–Trinajstić information content (AvgIpc) is 2.24. The first-order valence-corrected chi connectivity index (χ1v) is 8.17. The van der Waals surface area contributed by atoms with Gasteiger partial charge in [-0.25, -0.2) is 0 Å². The summed E-state index contributed by atoms with van der Waals surface area (Å²) in [6.07, 6.45) is 6.73. The predicted octanol–water partition coefficient (Wildman–Crippen LogP) is 4.32. The van der Waals surface area contributed by atoms with Gasteiger partial charge in [0.05, 0.1) is 0 Å². The van der Waals surface area contributed by atoms with E-state index in [1.807, 2.05) is 0 Å². The number of thioether (sulfide) groups is 1. The molecule has 1 atom stereocenters. The van der Waals surface area contributed by atoms with Crippen molar-refractivity contribution in [2.24, 2.45) is 5.92 Å². The Balaban J connectivity index is 3.56. The van der Waals surface area contributed by atoms with E-state index in [9.17, 15) is 0 Å². The minimum atomic E-state index is 0.756. The molecular formula is C14H31NS. The van der Waals surface area contributed by atoms with Gasteiger partial charge in [0.25, 0.3) is 0 Å². The van der Waals surface area contributed by atoms with Gasteiger partial charge < -0.3 is 5.32 Å². The SMILES string of the molecule is CCCNC(CCCCSCC)CC(C)C. The zero-order valence-corrected chi connectivity index (χ0v) is 12.5. The Morgan fingerprint density at radius 3 is 2.44 bits per heavy atom. The molecule has 0 aromatic carbocycles. The summed E-state index contributed by atoms with van der Waals surface area (Å²) < 4.78 is 0. The van der Waals surface area contributed by atoms with Crippen LogP contribution in [-0.2, 0) is 0 Å². The highest BCUT2D eigenvalue weighted by Crippen LogP contribution is 2.13. The minimum Gasteiger partial charge on any atom is -0.314 e. The van der Waals surface area contributed by atoms with Crippen LogP contribution in [-0.4, -0.2) is 24.1 Å². The molecule has 0 bridgehead atoms. The van der Waals surface area contributed by atoms with E-state index in [1.165, 1.54) is 50.2 Å². The number of hydrogen-bond donors (Lipinski definition) is 1. The largest absolute Gasteiger partial charge is 0.314 e. The number of unbranched alkanes of at least 4 members (excludes halogenated alkanes) is 1. The van der Waals surface area contributed by atoms with Gasteiger partial charge in [-0.3, -0.25) is 0 Å². The van der Waals surface area contributed by atoms with Gasteiger partial charge in [0, 0.05) is 6.04 Å². The quantitative estimate of drug-likeness (QED) is 0.544. The van der Waals surface area contributed by atoms with Crippen LogP contribution in [0.25, 0.3) is 0 Å². The predicted molar refractivity (Wildman–Crippen MR) is 78.4 cm³/mol. The summed E-state index contributed by atoms with van der Waals surface area (Å²) in [5, 5.41) is 3.68. The van der Waals surface area contributed by atoms with Crippen LogP contribution in [0.4, 0.5) is 0 Å². The molecule has 16 heavy (non-hydrogen) atoms. The van der Waals surface area contributed by atoms with E-state index in [4.69, 9.17) is 0 Å². The van der Waals surface area contributed by atoms with Crippen LogP contribution in [0.15, 0.2) is 0 Å². The minimum absolute atomic E-state index is 0.756. The molecule has 2 heteroatoms. The van der Waals surface area contributed by atoms with Crippen molar-refractivity contribution in [2.45, 2.75) is 65.8 Å². The fourth-order valence-electron chi connectivity index (χ4n) is 1.96. The third-order valence-corrected chi connectivity index (χ3v) is 3.72. The first kappa shape index (κ1) is 16.3. The third-order valence-electron chi connectivity index (χ3n) is 2.73. The van der Waals surface area contributed by atoms with Gasteiger partial charge in [-0.05, 0) is 49.7 Å². The molecule has 0 amide bonds. The van der Waals surface area contributed by atoms with E-state index in [0.29, 0.717) is 0 Å². The van der Waals surface area contributed by atoms with Crippen molar-refractivity contribution < 1.29 is 0 Å². The average molecular weight is 245 g/mol. The lowest BCUT2D eigenvalue weighted by atomic mass is 9.99. The van der Waals surface area contributed by atoms with Crippen LogP contribution in [0.1, 0.15) is 59.8 Å². The molecule has 1 unspecified atom stereocenters. The topological polar surface area (TPSA) is 12.0 Å². The summed E-state index contributed by atoms with van der Waals surface area (Å²) in [5.41, 5.74) is 0. The van der Waals surface area contributed by atoms with E-state index in [-0.39, 0.29) is 0 Å². The monoisotopic (exact) mass is 245 g/mol. The van der Waals surface area contributed by atoms with Gasteiger partial charge in [0.1, 0.15) is 0 Å². The van der Waals surface area contributed by atoms with E-state index < -0.39 is 0 Å². The number of hydrogen-bond acceptors (Lipinski definition) is 2. The van der Waals surface area contributed by atoms with Crippen molar-refractivity contribution in [3.63, 3.8) is 0 Å². The molecule has 0 aliphatic rings. The molecule has 0 heterocycles. The molecule has 1 nitrogen and oxygen atoms in total. The molecule has 0 rings (SSSR count). The fourth-order valence-corrected chi connectivity index (χ4v) is 2.66. The maximum absolute atomic E-state index is 3.68. The second-order valence-corrected chi connectivity index (χ2v) is 6.37. The first-order valence-electron chi connectivity index (χ1n) is 7.01. The highest BCUT2D eigenvalue weighted by molar-refractivity contribution is 7.99. The molecular weight excluding hydrogens is 214 g/mol. The molecule has 98 valence electrons. The summed E-state index contributed by atoms with van der Waals surface area (Å²) in [7, 11) is 0. The number of nitrogens with one attached hydrogen (secondary N) is 1. The van der Waals surface area contributed by atoms with Crippen molar-refractivity contribution in [1.29, 1.82) is 0 Å². The van der Waals surface area contributed by atoms with Crippen molar-refractivity contribution in [2.75, 3.05) is 18.1 Å². The second-order valence-electron chi connectivity index (χ2n) is 4.97. The normalized spacial score (nSPS) is 13.3. The number of rotatable bonds is 11. The summed E-state index contributed by atoms with van der Waals surface area (Å²) in [6.45, 7) is 10.3. The fraction of sp³-hybridized carbons (Fsp3) is 1.00. The molecule has 0 aliphatic heterocycles. The van der Waals surface area contributed by atoms with Gasteiger partial charge in [-0.1, -0.05) is 34.1 Å². The van der Waals surface area contributed by atoms with Gasteiger partial charge in [0.15, 0.2) is 0 Å². The van der Waals surface area contributed by atoms with Gasteiger partial charge in [0.2, 0.25) is 0 Å². The van der Waals surface area contributed by atoms with Gasteiger partial charge >= 0.3 is 0 Å². The molecule has 0 fully saturated rings. The highest BCUT2D eigenvalue weighted by atomic mass is 32.2. The van der Waals surface area contributed by atoms with Crippen molar-refractivity contribution >= 4 is 11.8 Å². The zero-order valence-electron chi connectivity index (χ0n) is 11.7. The van der Waals surface area contributed by atoms with Crippen LogP contribution >= 0.6 is 11.8 Å². The lowest BCUT2D eigenvalue weighted by Gasteiger charge is -2.20. The van der Waals surface area contributed by atoms with Crippen LogP contribution in [0.2, 0.25) is 0 Å². The van der Waals surface area contributed by atoms with Crippen LogP contribution in [0, 0.1) is 5.92 Å². The maximum Gasteiger partial charge on any atom is 0.00695 e. The molecule has 0 radical (unpaired) electrons. The van der Waals surface area contributed by atoms with Crippen LogP contribution in [0.3, 0.4) is 0 Å². The molecule has 0 saturated heterocycles. The van der Waals surface area contributed by atoms with Crippen molar-refractivity contribution in [3.05, 3.63) is 0 Å². The molecule has 0 aromatic heterocycles. The summed E-state index contributed by atoms with van der Waals surface area (Å²) in [4.78, 5) is 0. The Labute approximate surface area is 107 Å². The smallest absolute Gasteiger partial charge is 0.00695 e. The van der Waals surface area contributed by atoms with Gasteiger partial charge in [-0.15, -0.1) is 0 Å². The Morgan fingerprint density at radius 2 is 1.88 bits per heavy atom. The van der Waals surface area contributed by atoms with Crippen molar-refractivity contribution in [1.82, 2.24) is 5.32 Å². The van der Waals surface area contributed by atoms with E-state index in [1.54, 1.807) is 0 Å². The third kappa shape index (κ3) is 10.8. The van der Waals surface area contributed by atoms with Crippen LogP contribution < -0.4 is 5.32 Å². The first-order chi connectivity index (χ1) is 7.70. The Kier molecular flexibility index (Phi) is 12.0. The molecule has 0 saturated carbocycles. The highest BCUT2D eigenvalue weighted by Gasteiger charge is 2.09. The lowest BCUT2D eigenvalue weighted by Crippen LogP contribution is -2.31. The molecule has 0 aliphatic carbocycles. The second kappa shape index (κ2) is 11.8. The van der Waals surface area contributed by atoms with E-state index in [2.05, 4.69) is 44.8 Å². The van der Waals surface area contributed by atoms with Crippen LogP contribution in [0.5, 0.6) is 0 Å². The summed E-state index contributed by atoms with van der Waals surface area (Å²) in [6, 6.07) is 0.756. The van der Waals surface area contributed by atoms with Gasteiger partial charge in [-0.2, -0.15) is 11.8 Å². The van der Waals surface area contributed by atoms with E-state index in [0.717, 1.165) is 12.0 Å². The van der Waals surface area contributed by atoms with Crippen molar-refractivity contribution in [3.8, 4) is 0 Å². The standard InChI is InChI=1S/C14H31NS/c1-5-10-15-14(12-13(3)4)9-7-8-11-16-6-2/h13-15H,5-12H2,1-4H3. The summed E-state index contributed by atoms with van der Waals surface area (Å²) >= 11 is 2.07. The molecule has 0 spiro atoms. The maximum atomic E-state index is 3.68. The molecule has 0 aromatic rings.